The number of hydrogen-bond donors (Lipinski definition) is 1. The van der Waals surface area contributed by atoms with Crippen LogP contribution in [0.2, 0.25) is 0 Å². The summed E-state index contributed by atoms with van der Waals surface area (Å²) in [6, 6.07) is 0. The van der Waals surface area contributed by atoms with Crippen LogP contribution >= 0.6 is 11.6 Å². The molecule has 0 aliphatic heterocycles. The summed E-state index contributed by atoms with van der Waals surface area (Å²) in [6.45, 7) is 0.822. The predicted octanol–water partition coefficient (Wildman–Crippen LogP) is 2.31. The zero-order valence-electron chi connectivity index (χ0n) is 8.02. The highest BCUT2D eigenvalue weighted by Gasteiger charge is 2.23. The van der Waals surface area contributed by atoms with Gasteiger partial charge in [0.25, 0.3) is 0 Å². The lowest BCUT2D eigenvalue weighted by atomic mass is 10.2. The summed E-state index contributed by atoms with van der Waals surface area (Å²) in [6.07, 6.45) is 6.48. The molecule has 0 atom stereocenters. The van der Waals surface area contributed by atoms with Crippen molar-refractivity contribution in [2.24, 2.45) is 5.92 Å². The normalized spacial score (nSPS) is 15.8. The fourth-order valence-electron chi connectivity index (χ4n) is 1.28. The highest BCUT2D eigenvalue weighted by molar-refractivity contribution is 6.17. The summed E-state index contributed by atoms with van der Waals surface area (Å²) >= 11 is 5.53. The highest BCUT2D eigenvalue weighted by atomic mass is 35.5. The van der Waals surface area contributed by atoms with Crippen molar-refractivity contribution in [2.45, 2.75) is 38.5 Å². The highest BCUT2D eigenvalue weighted by Crippen LogP contribution is 2.31. The molecule has 0 saturated heterocycles. The summed E-state index contributed by atoms with van der Waals surface area (Å²) < 4.78 is 0. The van der Waals surface area contributed by atoms with Gasteiger partial charge in [0.2, 0.25) is 5.91 Å². The van der Waals surface area contributed by atoms with Crippen molar-refractivity contribution in [3.05, 3.63) is 0 Å². The first-order valence-corrected chi connectivity index (χ1v) is 5.69. The summed E-state index contributed by atoms with van der Waals surface area (Å²) in [5, 5.41) is 2.93. The minimum Gasteiger partial charge on any atom is -0.356 e. The van der Waals surface area contributed by atoms with Crippen LogP contribution in [0.1, 0.15) is 38.5 Å². The van der Waals surface area contributed by atoms with Crippen LogP contribution < -0.4 is 5.32 Å². The van der Waals surface area contributed by atoms with Crippen molar-refractivity contribution in [1.29, 1.82) is 0 Å². The SMILES string of the molecule is O=C(CC1CC1)NCCCCCCl. The fourth-order valence-corrected chi connectivity index (χ4v) is 1.47. The Hall–Kier alpha value is -0.240. The molecule has 2 nitrogen and oxygen atoms in total. The molecule has 76 valence electrons. The molecule has 0 unspecified atom stereocenters. The van der Waals surface area contributed by atoms with Gasteiger partial charge in [-0.05, 0) is 31.6 Å². The lowest BCUT2D eigenvalue weighted by molar-refractivity contribution is -0.121. The Morgan fingerprint density at radius 1 is 1.31 bits per heavy atom. The van der Waals surface area contributed by atoms with Gasteiger partial charge in [0.15, 0.2) is 0 Å². The first-order chi connectivity index (χ1) is 6.33. The number of carbonyl (C=O) groups is 1. The Morgan fingerprint density at radius 3 is 2.69 bits per heavy atom. The van der Waals surface area contributed by atoms with E-state index in [1.807, 2.05) is 0 Å². The minimum absolute atomic E-state index is 0.230. The van der Waals surface area contributed by atoms with Gasteiger partial charge in [-0.1, -0.05) is 6.42 Å². The summed E-state index contributed by atoms with van der Waals surface area (Å²) in [7, 11) is 0. The number of rotatable bonds is 7. The van der Waals surface area contributed by atoms with E-state index in [0.717, 1.165) is 38.1 Å². The fraction of sp³-hybridized carbons (Fsp3) is 0.900. The van der Waals surface area contributed by atoms with Gasteiger partial charge >= 0.3 is 0 Å². The Labute approximate surface area is 85.0 Å². The minimum atomic E-state index is 0.230. The van der Waals surface area contributed by atoms with Crippen molar-refractivity contribution < 1.29 is 4.79 Å². The third-order valence-corrected chi connectivity index (χ3v) is 2.57. The van der Waals surface area contributed by atoms with Crippen LogP contribution in [0.15, 0.2) is 0 Å². The monoisotopic (exact) mass is 203 g/mol. The second-order valence-electron chi connectivity index (χ2n) is 3.75. The molecule has 0 heterocycles. The van der Waals surface area contributed by atoms with E-state index in [1.54, 1.807) is 0 Å². The van der Waals surface area contributed by atoms with E-state index < -0.39 is 0 Å². The second kappa shape index (κ2) is 6.25. The number of carbonyl (C=O) groups excluding carboxylic acids is 1. The van der Waals surface area contributed by atoms with E-state index in [1.165, 1.54) is 12.8 Å². The molecule has 0 radical (unpaired) electrons. The molecule has 0 spiro atoms. The molecule has 13 heavy (non-hydrogen) atoms. The molecule has 0 aromatic rings. The Bertz CT molecular complexity index is 157. The smallest absolute Gasteiger partial charge is 0.220 e. The largest absolute Gasteiger partial charge is 0.356 e. The lowest BCUT2D eigenvalue weighted by Crippen LogP contribution is -2.24. The van der Waals surface area contributed by atoms with E-state index >= 15 is 0 Å². The molecule has 0 aromatic carbocycles. The molecule has 1 aliphatic rings. The summed E-state index contributed by atoms with van der Waals surface area (Å²) in [5.74, 6) is 1.66. The number of alkyl halides is 1. The van der Waals surface area contributed by atoms with Gasteiger partial charge in [0.05, 0.1) is 0 Å². The first kappa shape index (κ1) is 10.8. The van der Waals surface area contributed by atoms with Crippen molar-refractivity contribution in [3.63, 3.8) is 0 Å². The zero-order valence-corrected chi connectivity index (χ0v) is 8.78. The van der Waals surface area contributed by atoms with Crippen molar-refractivity contribution in [1.82, 2.24) is 5.32 Å². The maximum Gasteiger partial charge on any atom is 0.220 e. The van der Waals surface area contributed by atoms with Crippen LogP contribution in [-0.2, 0) is 4.79 Å². The number of nitrogens with one attached hydrogen (secondary N) is 1. The lowest BCUT2D eigenvalue weighted by Gasteiger charge is -2.03. The number of amides is 1. The molecule has 0 bridgehead atoms. The van der Waals surface area contributed by atoms with Crippen LogP contribution in [0, 0.1) is 5.92 Å². The molecule has 0 aromatic heterocycles. The van der Waals surface area contributed by atoms with E-state index in [9.17, 15) is 4.79 Å². The third-order valence-electron chi connectivity index (χ3n) is 2.30. The first-order valence-electron chi connectivity index (χ1n) is 5.15. The van der Waals surface area contributed by atoms with E-state index in [4.69, 9.17) is 11.6 Å². The van der Waals surface area contributed by atoms with Gasteiger partial charge in [-0.15, -0.1) is 11.6 Å². The summed E-state index contributed by atoms with van der Waals surface area (Å²) in [4.78, 5) is 11.2. The molecule has 1 amide bonds. The average molecular weight is 204 g/mol. The topological polar surface area (TPSA) is 29.1 Å². The van der Waals surface area contributed by atoms with Gasteiger partial charge in [0.1, 0.15) is 0 Å². The maximum absolute atomic E-state index is 11.2. The van der Waals surface area contributed by atoms with E-state index in [2.05, 4.69) is 5.32 Å². The molecular weight excluding hydrogens is 186 g/mol. The van der Waals surface area contributed by atoms with E-state index in [-0.39, 0.29) is 5.91 Å². The van der Waals surface area contributed by atoms with Crippen LogP contribution in [0.25, 0.3) is 0 Å². The predicted molar refractivity (Wildman–Crippen MR) is 54.9 cm³/mol. The number of unbranched alkanes of at least 4 members (excludes halogenated alkanes) is 2. The molecular formula is C10H18ClNO. The molecule has 1 rings (SSSR count). The van der Waals surface area contributed by atoms with Crippen molar-refractivity contribution >= 4 is 17.5 Å². The molecule has 1 saturated carbocycles. The van der Waals surface area contributed by atoms with Gasteiger partial charge in [0, 0.05) is 18.8 Å². The van der Waals surface area contributed by atoms with Crippen LogP contribution in [0.4, 0.5) is 0 Å². The van der Waals surface area contributed by atoms with Gasteiger partial charge in [-0.3, -0.25) is 4.79 Å². The van der Waals surface area contributed by atoms with Crippen LogP contribution in [-0.4, -0.2) is 18.3 Å². The molecule has 1 aliphatic carbocycles. The van der Waals surface area contributed by atoms with Crippen LogP contribution in [0.3, 0.4) is 0 Å². The van der Waals surface area contributed by atoms with Crippen molar-refractivity contribution in [2.75, 3.05) is 12.4 Å². The zero-order chi connectivity index (χ0) is 9.52. The third kappa shape index (κ3) is 5.92. The quantitative estimate of drug-likeness (QED) is 0.500. The van der Waals surface area contributed by atoms with Gasteiger partial charge in [-0.25, -0.2) is 0 Å². The Balaban J connectivity index is 1.83. The second-order valence-corrected chi connectivity index (χ2v) is 4.13. The molecule has 3 heteroatoms. The molecule has 1 fully saturated rings. The van der Waals surface area contributed by atoms with Crippen molar-refractivity contribution in [3.8, 4) is 0 Å². The van der Waals surface area contributed by atoms with Crippen LogP contribution in [0.5, 0.6) is 0 Å². The molecule has 1 N–H and O–H groups in total. The Kier molecular flexibility index (Phi) is 5.21. The number of hydrogen-bond acceptors (Lipinski definition) is 1. The standard InChI is InChI=1S/C10H18ClNO/c11-6-2-1-3-7-12-10(13)8-9-4-5-9/h9H,1-8H2,(H,12,13). The van der Waals surface area contributed by atoms with E-state index in [0.29, 0.717) is 5.92 Å². The number of halogens is 1. The Morgan fingerprint density at radius 2 is 2.08 bits per heavy atom. The average Bonchev–Trinajstić information content (AvgIpc) is 2.88. The van der Waals surface area contributed by atoms with Gasteiger partial charge in [-0.2, -0.15) is 0 Å². The van der Waals surface area contributed by atoms with Gasteiger partial charge < -0.3 is 5.32 Å². The maximum atomic E-state index is 11.2. The summed E-state index contributed by atoms with van der Waals surface area (Å²) in [5.41, 5.74) is 0.